The van der Waals surface area contributed by atoms with Gasteiger partial charge in [-0.1, -0.05) is 32.4 Å². The van der Waals surface area contributed by atoms with Crippen LogP contribution in [-0.2, 0) is 6.54 Å². The summed E-state index contributed by atoms with van der Waals surface area (Å²) >= 11 is 0. The van der Waals surface area contributed by atoms with Gasteiger partial charge in [-0.2, -0.15) is 0 Å². The zero-order valence-electron chi connectivity index (χ0n) is 11.3. The van der Waals surface area contributed by atoms with Gasteiger partial charge in [0.2, 0.25) is 0 Å². The molecular weight excluding hydrogens is 210 g/mol. The molecule has 0 N–H and O–H groups in total. The number of hydrogen-bond acceptors (Lipinski definition) is 2. The van der Waals surface area contributed by atoms with Gasteiger partial charge in [-0.25, -0.2) is 4.98 Å². The molecule has 0 bridgehead atoms. The van der Waals surface area contributed by atoms with Crippen LogP contribution in [0, 0.1) is 0 Å². The van der Waals surface area contributed by atoms with Crippen molar-refractivity contribution < 1.29 is 0 Å². The Morgan fingerprint density at radius 1 is 1.18 bits per heavy atom. The minimum absolute atomic E-state index is 0.994. The van der Waals surface area contributed by atoms with Crippen molar-refractivity contribution in [2.45, 2.75) is 26.8 Å². The maximum Gasteiger partial charge on any atom is 0.0958 e. The minimum atomic E-state index is 0.994. The Labute approximate surface area is 104 Å². The lowest BCUT2D eigenvalue weighted by Crippen LogP contribution is -2.17. The molecule has 0 aliphatic carbocycles. The van der Waals surface area contributed by atoms with Gasteiger partial charge in [0, 0.05) is 13.1 Å². The van der Waals surface area contributed by atoms with E-state index in [9.17, 15) is 0 Å². The lowest BCUT2D eigenvalue weighted by atomic mass is 10.3. The van der Waals surface area contributed by atoms with Crippen LogP contribution in [0.4, 0.5) is 0 Å². The second-order valence-corrected chi connectivity index (χ2v) is 4.44. The van der Waals surface area contributed by atoms with E-state index < -0.39 is 0 Å². The fourth-order valence-electron chi connectivity index (χ4n) is 1.50. The second-order valence-electron chi connectivity index (χ2n) is 4.44. The van der Waals surface area contributed by atoms with Crippen LogP contribution >= 0.6 is 0 Å². The molecule has 94 valence electrons. The monoisotopic (exact) mass is 233 g/mol. The molecule has 0 amide bonds. The van der Waals surface area contributed by atoms with E-state index in [-0.39, 0.29) is 0 Å². The highest BCUT2D eigenvalue weighted by atomic mass is 15.1. The molecule has 0 saturated carbocycles. The van der Waals surface area contributed by atoms with Gasteiger partial charge in [0.15, 0.2) is 0 Å². The van der Waals surface area contributed by atoms with E-state index in [1.54, 1.807) is 0 Å². The van der Waals surface area contributed by atoms with Crippen molar-refractivity contribution in [1.82, 2.24) is 14.5 Å². The zero-order valence-corrected chi connectivity index (χ0v) is 11.3. The molecule has 0 aliphatic rings. The summed E-state index contributed by atoms with van der Waals surface area (Å²) < 4.78 is 2.19. The lowest BCUT2D eigenvalue weighted by Gasteiger charge is -2.10. The fraction of sp³-hybridized carbons (Fsp3) is 0.500. The molecular formula is C14H23N3. The topological polar surface area (TPSA) is 21.1 Å². The third kappa shape index (κ3) is 4.19. The van der Waals surface area contributed by atoms with Crippen LogP contribution in [-0.4, -0.2) is 35.1 Å². The quantitative estimate of drug-likeness (QED) is 0.812. The van der Waals surface area contributed by atoms with E-state index >= 15 is 0 Å². The summed E-state index contributed by atoms with van der Waals surface area (Å²) in [4.78, 5) is 6.52. The molecule has 0 fully saturated rings. The first-order valence-corrected chi connectivity index (χ1v) is 6.23. The maximum atomic E-state index is 4.34. The van der Waals surface area contributed by atoms with Crippen LogP contribution in [0.15, 0.2) is 30.6 Å². The minimum Gasteiger partial charge on any atom is -0.329 e. The average molecular weight is 233 g/mol. The van der Waals surface area contributed by atoms with Crippen LogP contribution in [0.3, 0.4) is 0 Å². The van der Waals surface area contributed by atoms with Gasteiger partial charge in [-0.3, -0.25) is 0 Å². The molecule has 2 aromatic rings. The maximum absolute atomic E-state index is 4.34. The third-order valence-electron chi connectivity index (χ3n) is 2.32. The van der Waals surface area contributed by atoms with Gasteiger partial charge in [-0.15, -0.1) is 0 Å². The number of benzene rings is 1. The number of fused-ring (bicyclic) bond motifs is 1. The predicted octanol–water partition coefficient (Wildman–Crippen LogP) is 3.01. The average Bonchev–Trinajstić information content (AvgIpc) is 2.70. The Kier molecular flexibility index (Phi) is 5.70. The lowest BCUT2D eigenvalue weighted by molar-refractivity contribution is 0.386. The summed E-state index contributed by atoms with van der Waals surface area (Å²) in [6.07, 6.45) is 3.16. The van der Waals surface area contributed by atoms with Crippen molar-refractivity contribution in [2.24, 2.45) is 0 Å². The molecule has 0 atom stereocenters. The molecule has 2 rings (SSSR count). The van der Waals surface area contributed by atoms with Gasteiger partial charge < -0.3 is 9.47 Å². The highest BCUT2D eigenvalue weighted by molar-refractivity contribution is 5.74. The molecule has 0 spiro atoms. The highest BCUT2D eigenvalue weighted by Crippen LogP contribution is 2.11. The van der Waals surface area contributed by atoms with E-state index in [2.05, 4.69) is 54.5 Å². The third-order valence-corrected chi connectivity index (χ3v) is 2.32. The number of para-hydroxylation sites is 2. The summed E-state index contributed by atoms with van der Waals surface area (Å²) in [5.74, 6) is 0. The van der Waals surface area contributed by atoms with Gasteiger partial charge >= 0.3 is 0 Å². The summed E-state index contributed by atoms with van der Waals surface area (Å²) in [5, 5.41) is 0. The fourth-order valence-corrected chi connectivity index (χ4v) is 1.50. The predicted molar refractivity (Wildman–Crippen MR) is 74.3 cm³/mol. The molecule has 17 heavy (non-hydrogen) atoms. The van der Waals surface area contributed by atoms with Gasteiger partial charge in [0.05, 0.1) is 17.4 Å². The summed E-state index contributed by atoms with van der Waals surface area (Å²) in [6.45, 7) is 6.29. The van der Waals surface area contributed by atoms with Gasteiger partial charge in [0.1, 0.15) is 0 Å². The Hall–Kier alpha value is -1.35. The van der Waals surface area contributed by atoms with Crippen molar-refractivity contribution in [1.29, 1.82) is 0 Å². The first-order chi connectivity index (χ1) is 8.19. The van der Waals surface area contributed by atoms with Crippen LogP contribution in [0.2, 0.25) is 0 Å². The van der Waals surface area contributed by atoms with Gasteiger partial charge in [0.25, 0.3) is 0 Å². The van der Waals surface area contributed by atoms with E-state index in [1.165, 1.54) is 11.9 Å². The van der Waals surface area contributed by atoms with Crippen molar-refractivity contribution in [3.63, 3.8) is 0 Å². The second kappa shape index (κ2) is 7.07. The molecule has 1 aromatic carbocycles. The van der Waals surface area contributed by atoms with Crippen LogP contribution in [0.5, 0.6) is 0 Å². The van der Waals surface area contributed by atoms with E-state index in [0.717, 1.165) is 18.6 Å². The number of imidazole rings is 1. The number of likely N-dealkylation sites (N-methyl/N-ethyl adjacent to an activating group) is 1. The Morgan fingerprint density at radius 3 is 2.47 bits per heavy atom. The summed E-state index contributed by atoms with van der Waals surface area (Å²) in [6, 6.07) is 8.22. The molecule has 3 heteroatoms. The summed E-state index contributed by atoms with van der Waals surface area (Å²) in [5.41, 5.74) is 2.29. The number of nitrogens with zero attached hydrogens (tertiary/aromatic N) is 3. The van der Waals surface area contributed by atoms with Crippen molar-refractivity contribution >= 4 is 11.0 Å². The van der Waals surface area contributed by atoms with Crippen LogP contribution < -0.4 is 0 Å². The van der Waals surface area contributed by atoms with E-state index in [0.29, 0.717) is 0 Å². The van der Waals surface area contributed by atoms with Crippen molar-refractivity contribution in [3.8, 4) is 0 Å². The normalized spacial score (nSPS) is 10.4. The SMILES string of the molecule is CCC.CN(C)CCn1cnc2ccccc21. The largest absolute Gasteiger partial charge is 0.329 e. The van der Waals surface area contributed by atoms with E-state index in [4.69, 9.17) is 0 Å². The molecule has 0 saturated heterocycles. The molecule has 1 aromatic heterocycles. The smallest absolute Gasteiger partial charge is 0.0958 e. The number of hydrogen-bond donors (Lipinski definition) is 0. The van der Waals surface area contributed by atoms with Crippen molar-refractivity contribution in [3.05, 3.63) is 30.6 Å². The molecule has 0 unspecified atom stereocenters. The zero-order chi connectivity index (χ0) is 12.7. The summed E-state index contributed by atoms with van der Waals surface area (Å²) in [7, 11) is 4.16. The molecule has 1 heterocycles. The highest BCUT2D eigenvalue weighted by Gasteiger charge is 2.00. The Balaban J connectivity index is 0.000000437. The standard InChI is InChI=1S/C11H15N3.C3H8/c1-13(2)7-8-14-9-12-10-5-3-4-6-11(10)14;1-3-2/h3-6,9H,7-8H2,1-2H3;3H2,1-2H3. The Bertz CT molecular complexity index is 432. The van der Waals surface area contributed by atoms with Crippen LogP contribution in [0.25, 0.3) is 11.0 Å². The van der Waals surface area contributed by atoms with Crippen molar-refractivity contribution in [2.75, 3.05) is 20.6 Å². The van der Waals surface area contributed by atoms with Gasteiger partial charge in [-0.05, 0) is 26.2 Å². The first kappa shape index (κ1) is 13.7. The van der Waals surface area contributed by atoms with E-state index in [1.807, 2.05) is 18.5 Å². The Morgan fingerprint density at radius 2 is 1.82 bits per heavy atom. The molecule has 0 radical (unpaired) electrons. The first-order valence-electron chi connectivity index (χ1n) is 6.23. The number of rotatable bonds is 3. The van der Waals surface area contributed by atoms with Crippen LogP contribution in [0.1, 0.15) is 20.3 Å². The molecule has 0 aliphatic heterocycles. The molecule has 3 nitrogen and oxygen atoms in total. The number of aromatic nitrogens is 2.